The first-order valence-corrected chi connectivity index (χ1v) is 13.2. The third kappa shape index (κ3) is 4.07. The van der Waals surface area contributed by atoms with Crippen LogP contribution in [0.15, 0.2) is 9.95 Å². The molecule has 2 aliphatic carbocycles. The van der Waals surface area contributed by atoms with Crippen molar-refractivity contribution in [1.29, 1.82) is 0 Å². The molecule has 0 saturated heterocycles. The minimum Gasteiger partial charge on any atom is -0.337 e. The maximum absolute atomic E-state index is 13.7. The number of aryl methyl sites for hydroxylation is 2. The van der Waals surface area contributed by atoms with E-state index in [0.29, 0.717) is 5.75 Å². The maximum atomic E-state index is 13.7. The Kier molecular flexibility index (Phi) is 6.58. The summed E-state index contributed by atoms with van der Waals surface area (Å²) in [6.45, 7) is 8.21. The summed E-state index contributed by atoms with van der Waals surface area (Å²) < 4.78 is 1.95. The zero-order chi connectivity index (χ0) is 21.4. The molecule has 0 radical (unpaired) electrons. The monoisotopic (exact) mass is 447 g/mol. The summed E-state index contributed by atoms with van der Waals surface area (Å²) in [5, 5.41) is 1.60. The summed E-state index contributed by atoms with van der Waals surface area (Å²) in [6, 6.07) is 0.543. The fraction of sp³-hybridized carbons (Fsp3) is 0.696. The van der Waals surface area contributed by atoms with E-state index in [0.717, 1.165) is 60.3 Å². The first-order valence-electron chi connectivity index (χ1n) is 11.4. The normalized spacial score (nSPS) is 17.3. The van der Waals surface area contributed by atoms with Gasteiger partial charge in [0.1, 0.15) is 4.83 Å². The zero-order valence-corrected chi connectivity index (χ0v) is 20.2. The Bertz CT molecular complexity index is 978. The third-order valence-corrected chi connectivity index (χ3v) is 8.53. The van der Waals surface area contributed by atoms with Gasteiger partial charge < -0.3 is 4.90 Å². The molecular formula is C23H33N3O2S2. The van der Waals surface area contributed by atoms with Crippen LogP contribution in [0.5, 0.6) is 0 Å². The largest absolute Gasteiger partial charge is 0.337 e. The number of fused-ring (bicyclic) bond motifs is 3. The van der Waals surface area contributed by atoms with Gasteiger partial charge in [-0.1, -0.05) is 24.6 Å². The number of hydrogen-bond donors (Lipinski definition) is 0. The highest BCUT2D eigenvalue weighted by Gasteiger charge is 2.28. The molecule has 0 bridgehead atoms. The van der Waals surface area contributed by atoms with E-state index in [1.54, 1.807) is 11.3 Å². The van der Waals surface area contributed by atoms with Crippen LogP contribution in [0, 0.1) is 0 Å². The molecule has 0 N–H and O–H groups in total. The number of rotatable bonds is 6. The van der Waals surface area contributed by atoms with Crippen molar-refractivity contribution in [3.8, 4) is 0 Å². The molecule has 0 spiro atoms. The lowest BCUT2D eigenvalue weighted by molar-refractivity contribution is -0.131. The molecular weight excluding hydrogens is 414 g/mol. The lowest BCUT2D eigenvalue weighted by Gasteiger charge is -2.30. The summed E-state index contributed by atoms with van der Waals surface area (Å²) in [7, 11) is 0. The second-order valence-corrected chi connectivity index (χ2v) is 11.2. The highest BCUT2D eigenvalue weighted by Crippen LogP contribution is 2.37. The van der Waals surface area contributed by atoms with E-state index in [9.17, 15) is 9.59 Å². The van der Waals surface area contributed by atoms with Crippen LogP contribution in [0.2, 0.25) is 0 Å². The van der Waals surface area contributed by atoms with E-state index in [1.807, 2.05) is 9.47 Å². The Morgan fingerprint density at radius 3 is 2.47 bits per heavy atom. The standard InChI is InChI=1S/C23H33N3O2S2/c1-14(2)25(15(3)4)19(27)13-29-23-24-21-20(17-11-7-8-12-18(17)30-21)22(28)26(23)16-9-5-6-10-16/h14-16H,5-13H2,1-4H3. The van der Waals surface area contributed by atoms with Gasteiger partial charge in [0.05, 0.1) is 11.1 Å². The van der Waals surface area contributed by atoms with E-state index in [1.165, 1.54) is 28.6 Å². The molecule has 30 heavy (non-hydrogen) atoms. The molecule has 0 aliphatic heterocycles. The number of aromatic nitrogens is 2. The fourth-order valence-electron chi connectivity index (χ4n) is 5.16. The van der Waals surface area contributed by atoms with Crippen molar-refractivity contribution in [2.24, 2.45) is 0 Å². The van der Waals surface area contributed by atoms with E-state index >= 15 is 0 Å². The summed E-state index contributed by atoms with van der Waals surface area (Å²) in [5.74, 6) is 0.439. The molecule has 1 fully saturated rings. The topological polar surface area (TPSA) is 55.2 Å². The number of hydrogen-bond acceptors (Lipinski definition) is 5. The smallest absolute Gasteiger partial charge is 0.263 e. The number of thiophene rings is 1. The van der Waals surface area contributed by atoms with Crippen molar-refractivity contribution >= 4 is 39.2 Å². The summed E-state index contributed by atoms with van der Waals surface area (Å²) in [4.78, 5) is 35.7. The minimum atomic E-state index is 0.114. The van der Waals surface area contributed by atoms with E-state index < -0.39 is 0 Å². The Balaban J connectivity index is 1.72. The van der Waals surface area contributed by atoms with Crippen LogP contribution in [-0.2, 0) is 17.6 Å². The van der Waals surface area contributed by atoms with Crippen molar-refractivity contribution in [3.05, 3.63) is 20.8 Å². The number of carbonyl (C=O) groups excluding carboxylic acids is 1. The summed E-state index contributed by atoms with van der Waals surface area (Å²) >= 11 is 3.14. The van der Waals surface area contributed by atoms with Gasteiger partial charge in [-0.3, -0.25) is 14.2 Å². The van der Waals surface area contributed by atoms with Crippen molar-refractivity contribution in [2.75, 3.05) is 5.75 Å². The highest BCUT2D eigenvalue weighted by atomic mass is 32.2. The molecule has 164 valence electrons. The number of thioether (sulfide) groups is 1. The predicted molar refractivity (Wildman–Crippen MR) is 126 cm³/mol. The molecule has 0 aromatic carbocycles. The van der Waals surface area contributed by atoms with Crippen molar-refractivity contribution < 1.29 is 4.79 Å². The Labute approximate surface area is 187 Å². The van der Waals surface area contributed by atoms with Crippen molar-refractivity contribution in [3.63, 3.8) is 0 Å². The van der Waals surface area contributed by atoms with Gasteiger partial charge in [0.15, 0.2) is 5.16 Å². The Morgan fingerprint density at radius 1 is 1.13 bits per heavy atom. The van der Waals surface area contributed by atoms with Crippen molar-refractivity contribution in [2.45, 2.75) is 102 Å². The van der Waals surface area contributed by atoms with Gasteiger partial charge in [0, 0.05) is 23.0 Å². The molecule has 2 aromatic rings. The van der Waals surface area contributed by atoms with Crippen LogP contribution in [0.3, 0.4) is 0 Å². The number of amides is 1. The molecule has 0 unspecified atom stereocenters. The SMILES string of the molecule is CC(C)N(C(=O)CSc1nc2sc3c(c2c(=O)n1C1CCCC1)CCCC3)C(C)C. The van der Waals surface area contributed by atoms with Gasteiger partial charge in [-0.05, 0) is 71.8 Å². The molecule has 1 saturated carbocycles. The second-order valence-electron chi connectivity index (χ2n) is 9.18. The zero-order valence-electron chi connectivity index (χ0n) is 18.6. The molecule has 2 aromatic heterocycles. The second kappa shape index (κ2) is 9.03. The maximum Gasteiger partial charge on any atom is 0.263 e. The third-order valence-electron chi connectivity index (χ3n) is 6.40. The molecule has 5 nitrogen and oxygen atoms in total. The quantitative estimate of drug-likeness (QED) is 0.452. The van der Waals surface area contributed by atoms with Crippen LogP contribution in [-0.4, -0.2) is 38.2 Å². The van der Waals surface area contributed by atoms with Gasteiger partial charge in [0.25, 0.3) is 5.56 Å². The van der Waals surface area contributed by atoms with E-state index in [4.69, 9.17) is 4.98 Å². The Hall–Kier alpha value is -1.34. The van der Waals surface area contributed by atoms with E-state index in [-0.39, 0.29) is 29.6 Å². The lowest BCUT2D eigenvalue weighted by Crippen LogP contribution is -2.43. The summed E-state index contributed by atoms with van der Waals surface area (Å²) in [6.07, 6.45) is 8.82. The van der Waals surface area contributed by atoms with Crippen LogP contribution in [0.25, 0.3) is 10.2 Å². The average molecular weight is 448 g/mol. The summed E-state index contributed by atoms with van der Waals surface area (Å²) in [5.41, 5.74) is 1.38. The predicted octanol–water partition coefficient (Wildman–Crippen LogP) is 5.19. The van der Waals surface area contributed by atoms with Gasteiger partial charge in [-0.2, -0.15) is 0 Å². The van der Waals surface area contributed by atoms with Crippen LogP contribution < -0.4 is 5.56 Å². The molecule has 0 atom stereocenters. The number of carbonyl (C=O) groups is 1. The van der Waals surface area contributed by atoms with Gasteiger partial charge >= 0.3 is 0 Å². The van der Waals surface area contributed by atoms with E-state index in [2.05, 4.69) is 27.7 Å². The fourth-order valence-corrected chi connectivity index (χ4v) is 7.40. The average Bonchev–Trinajstić information content (AvgIpc) is 3.33. The van der Waals surface area contributed by atoms with Crippen LogP contribution >= 0.6 is 23.1 Å². The highest BCUT2D eigenvalue weighted by molar-refractivity contribution is 7.99. The molecule has 1 amide bonds. The molecule has 2 heterocycles. The minimum absolute atomic E-state index is 0.114. The van der Waals surface area contributed by atoms with Gasteiger partial charge in [-0.15, -0.1) is 11.3 Å². The molecule has 7 heteroatoms. The molecule has 2 aliphatic rings. The van der Waals surface area contributed by atoms with Gasteiger partial charge in [0.2, 0.25) is 5.91 Å². The first-order chi connectivity index (χ1) is 14.4. The lowest BCUT2D eigenvalue weighted by atomic mass is 9.97. The van der Waals surface area contributed by atoms with Crippen LogP contribution in [0.4, 0.5) is 0 Å². The first kappa shape index (κ1) is 21.9. The van der Waals surface area contributed by atoms with Gasteiger partial charge in [-0.25, -0.2) is 4.98 Å². The van der Waals surface area contributed by atoms with Crippen LogP contribution in [0.1, 0.15) is 82.7 Å². The number of nitrogens with zero attached hydrogens (tertiary/aromatic N) is 3. The Morgan fingerprint density at radius 2 is 1.80 bits per heavy atom. The van der Waals surface area contributed by atoms with Crippen molar-refractivity contribution in [1.82, 2.24) is 14.5 Å². The molecule has 4 rings (SSSR count).